The standard InChI is InChI=1S/C12H15N4O2/c17-16(18)11-1-2-12-9(7-11)8-14-15(12)10-3-5-13-6-4-10/h1-2,7-8,10,13H,3-6H2,(H,17,18)/q+1. The van der Waals surface area contributed by atoms with E-state index in [9.17, 15) is 4.91 Å². The highest BCUT2D eigenvalue weighted by Gasteiger charge is 2.19. The lowest BCUT2D eigenvalue weighted by atomic mass is 10.1. The molecular formula is C12H15N4O2+. The van der Waals surface area contributed by atoms with Crippen LogP contribution in [0.25, 0.3) is 10.9 Å². The van der Waals surface area contributed by atoms with E-state index >= 15 is 0 Å². The molecule has 1 fully saturated rings. The average molecular weight is 247 g/mol. The summed E-state index contributed by atoms with van der Waals surface area (Å²) in [5.41, 5.74) is 1.24. The van der Waals surface area contributed by atoms with Crippen LogP contribution >= 0.6 is 0 Å². The minimum absolute atomic E-state index is 0.124. The molecule has 1 aliphatic heterocycles. The van der Waals surface area contributed by atoms with Crippen LogP contribution in [0.15, 0.2) is 24.4 Å². The molecule has 2 aromatic rings. The van der Waals surface area contributed by atoms with Crippen LogP contribution in [0.3, 0.4) is 0 Å². The van der Waals surface area contributed by atoms with Gasteiger partial charge in [-0.3, -0.25) is 4.68 Å². The van der Waals surface area contributed by atoms with Crippen molar-refractivity contribution < 1.29 is 10.1 Å². The average Bonchev–Trinajstić information content (AvgIpc) is 2.82. The van der Waals surface area contributed by atoms with Gasteiger partial charge in [0.25, 0.3) is 4.92 Å². The number of nitrogens with zero attached hydrogens (tertiary/aromatic N) is 3. The molecule has 2 heterocycles. The number of aromatic nitrogens is 2. The zero-order valence-corrected chi connectivity index (χ0v) is 9.91. The summed E-state index contributed by atoms with van der Waals surface area (Å²) in [4.78, 5) is 10.7. The van der Waals surface area contributed by atoms with Crippen LogP contribution in [0.5, 0.6) is 0 Å². The van der Waals surface area contributed by atoms with Crippen molar-refractivity contribution in [2.45, 2.75) is 18.9 Å². The Bertz CT molecular complexity index is 587. The van der Waals surface area contributed by atoms with E-state index in [-0.39, 0.29) is 10.6 Å². The first-order chi connectivity index (χ1) is 8.75. The van der Waals surface area contributed by atoms with E-state index in [1.54, 1.807) is 18.3 Å². The Labute approximate surface area is 104 Å². The molecule has 1 aromatic carbocycles. The number of benzene rings is 1. The lowest BCUT2D eigenvalue weighted by Gasteiger charge is -2.23. The Kier molecular flexibility index (Phi) is 2.71. The van der Waals surface area contributed by atoms with Gasteiger partial charge in [-0.25, -0.2) is 5.21 Å². The van der Waals surface area contributed by atoms with Gasteiger partial charge in [-0.2, -0.15) is 5.10 Å². The van der Waals surface area contributed by atoms with E-state index in [0.29, 0.717) is 6.04 Å². The third-order valence-electron chi connectivity index (χ3n) is 3.45. The second kappa shape index (κ2) is 4.38. The molecule has 2 N–H and O–H groups in total. The highest BCUT2D eigenvalue weighted by atomic mass is 16.6. The largest absolute Gasteiger partial charge is 0.317 e. The van der Waals surface area contributed by atoms with Gasteiger partial charge < -0.3 is 5.32 Å². The van der Waals surface area contributed by atoms with Crippen molar-refractivity contribution >= 4 is 16.6 Å². The van der Waals surface area contributed by atoms with E-state index in [1.807, 2.05) is 10.7 Å². The molecule has 1 saturated heterocycles. The van der Waals surface area contributed by atoms with Crippen LogP contribution in [0.2, 0.25) is 0 Å². The predicted octanol–water partition coefficient (Wildman–Crippen LogP) is 1.76. The number of hydrogen-bond acceptors (Lipinski definition) is 3. The molecular weight excluding hydrogens is 232 g/mol. The lowest BCUT2D eigenvalue weighted by Crippen LogP contribution is -2.29. The number of nitrogens with one attached hydrogen (secondary N) is 1. The molecule has 0 radical (unpaired) electrons. The summed E-state index contributed by atoms with van der Waals surface area (Å²) in [5.74, 6) is 0. The molecule has 3 rings (SSSR count). The van der Waals surface area contributed by atoms with Crippen LogP contribution in [0, 0.1) is 4.91 Å². The molecule has 18 heavy (non-hydrogen) atoms. The van der Waals surface area contributed by atoms with E-state index in [0.717, 1.165) is 36.8 Å². The molecule has 1 aliphatic rings. The molecule has 1 aromatic heterocycles. The molecule has 0 unspecified atom stereocenters. The summed E-state index contributed by atoms with van der Waals surface area (Å²) in [7, 11) is 0. The fourth-order valence-electron chi connectivity index (χ4n) is 2.50. The van der Waals surface area contributed by atoms with Gasteiger partial charge in [-0.05, 0) is 32.0 Å². The summed E-state index contributed by atoms with van der Waals surface area (Å²) in [6.45, 7) is 2.02. The van der Waals surface area contributed by atoms with Crippen molar-refractivity contribution in [3.8, 4) is 0 Å². The second-order valence-corrected chi connectivity index (χ2v) is 4.59. The van der Waals surface area contributed by atoms with Gasteiger partial charge in [0, 0.05) is 17.5 Å². The zero-order chi connectivity index (χ0) is 12.5. The van der Waals surface area contributed by atoms with E-state index in [4.69, 9.17) is 5.21 Å². The van der Waals surface area contributed by atoms with Gasteiger partial charge in [0.15, 0.2) is 0 Å². The van der Waals surface area contributed by atoms with Crippen molar-refractivity contribution in [3.05, 3.63) is 29.3 Å². The maximum Gasteiger partial charge on any atom is 0.317 e. The van der Waals surface area contributed by atoms with Crippen molar-refractivity contribution in [2.75, 3.05) is 13.1 Å². The lowest BCUT2D eigenvalue weighted by molar-refractivity contribution is -0.729. The van der Waals surface area contributed by atoms with Gasteiger partial charge >= 0.3 is 5.69 Å². The Morgan fingerprint density at radius 2 is 2.17 bits per heavy atom. The third-order valence-corrected chi connectivity index (χ3v) is 3.45. The SMILES string of the molecule is O=[N+](O)c1ccc2c(cnn2C2CCNCC2)c1. The quantitative estimate of drug-likeness (QED) is 0.793. The van der Waals surface area contributed by atoms with Gasteiger partial charge in [-0.1, -0.05) is 0 Å². The van der Waals surface area contributed by atoms with E-state index < -0.39 is 0 Å². The van der Waals surface area contributed by atoms with Crippen molar-refractivity contribution in [1.29, 1.82) is 0 Å². The van der Waals surface area contributed by atoms with Crippen LogP contribution in [0.1, 0.15) is 18.9 Å². The molecule has 94 valence electrons. The Morgan fingerprint density at radius 3 is 2.89 bits per heavy atom. The Balaban J connectivity index is 2.01. The fourth-order valence-corrected chi connectivity index (χ4v) is 2.50. The number of fused-ring (bicyclic) bond motifs is 1. The normalized spacial score (nSPS) is 17.1. The Morgan fingerprint density at radius 1 is 1.39 bits per heavy atom. The molecule has 0 amide bonds. The highest BCUT2D eigenvalue weighted by Crippen LogP contribution is 2.26. The first-order valence-electron chi connectivity index (χ1n) is 6.10. The van der Waals surface area contributed by atoms with Gasteiger partial charge in [-0.15, -0.1) is 0 Å². The van der Waals surface area contributed by atoms with Crippen LogP contribution in [0.4, 0.5) is 5.69 Å². The van der Waals surface area contributed by atoms with Crippen molar-refractivity contribution in [2.24, 2.45) is 0 Å². The smallest absolute Gasteiger partial charge is 0.317 e. The molecule has 0 aliphatic carbocycles. The van der Waals surface area contributed by atoms with Gasteiger partial charge in [0.05, 0.1) is 22.7 Å². The monoisotopic (exact) mass is 247 g/mol. The predicted molar refractivity (Wildman–Crippen MR) is 65.9 cm³/mol. The minimum atomic E-state index is -0.124. The molecule has 6 nitrogen and oxygen atoms in total. The molecule has 0 atom stereocenters. The van der Waals surface area contributed by atoms with Crippen molar-refractivity contribution in [3.63, 3.8) is 0 Å². The number of hydrogen-bond donors (Lipinski definition) is 2. The minimum Gasteiger partial charge on any atom is -0.317 e. The maximum atomic E-state index is 10.8. The summed E-state index contributed by atoms with van der Waals surface area (Å²) in [6, 6.07) is 5.49. The first-order valence-corrected chi connectivity index (χ1v) is 6.10. The van der Waals surface area contributed by atoms with Crippen LogP contribution in [-0.2, 0) is 0 Å². The van der Waals surface area contributed by atoms with E-state index in [1.165, 1.54) is 0 Å². The van der Waals surface area contributed by atoms with E-state index in [2.05, 4.69) is 10.4 Å². The van der Waals surface area contributed by atoms with Crippen molar-refractivity contribution in [1.82, 2.24) is 15.1 Å². The van der Waals surface area contributed by atoms with Crippen LogP contribution < -0.4 is 5.32 Å². The first kappa shape index (κ1) is 11.2. The fraction of sp³-hybridized carbons (Fsp3) is 0.417. The summed E-state index contributed by atoms with van der Waals surface area (Å²) < 4.78 is 2.02. The number of piperidine rings is 1. The maximum absolute atomic E-state index is 10.8. The third kappa shape index (κ3) is 1.84. The summed E-state index contributed by atoms with van der Waals surface area (Å²) >= 11 is 0. The molecule has 0 saturated carbocycles. The Hall–Kier alpha value is -1.95. The molecule has 0 spiro atoms. The summed E-state index contributed by atoms with van der Waals surface area (Å²) in [6.07, 6.45) is 3.86. The van der Waals surface area contributed by atoms with Gasteiger partial charge in [0.1, 0.15) is 0 Å². The molecule has 6 heteroatoms. The highest BCUT2D eigenvalue weighted by molar-refractivity contribution is 5.81. The van der Waals surface area contributed by atoms with Gasteiger partial charge in [0.2, 0.25) is 0 Å². The molecule has 0 bridgehead atoms. The van der Waals surface area contributed by atoms with Crippen LogP contribution in [-0.4, -0.2) is 33.0 Å². The zero-order valence-electron chi connectivity index (χ0n) is 9.91. The summed E-state index contributed by atoms with van der Waals surface area (Å²) in [5, 5.41) is 17.5. The second-order valence-electron chi connectivity index (χ2n) is 4.59. The topological polar surface area (TPSA) is 70.2 Å². The number of rotatable bonds is 2.